The lowest BCUT2D eigenvalue weighted by molar-refractivity contribution is 0.373. The van der Waals surface area contributed by atoms with Crippen molar-refractivity contribution in [2.75, 3.05) is 64.4 Å². The number of nitrogens with zero attached hydrogens (tertiary/aromatic N) is 1. The number of benzene rings is 1. The molecule has 2 rings (SSSR count). The summed E-state index contributed by atoms with van der Waals surface area (Å²) in [5, 5.41) is 20.7. The zero-order chi connectivity index (χ0) is 15.8. The van der Waals surface area contributed by atoms with Crippen LogP contribution in [-0.2, 0) is 0 Å². The zero-order valence-corrected chi connectivity index (χ0v) is 13.6. The lowest BCUT2D eigenvalue weighted by Gasteiger charge is -2.27. The first-order chi connectivity index (χ1) is 10.7. The van der Waals surface area contributed by atoms with Crippen LogP contribution in [0.2, 0.25) is 0 Å². The lowest BCUT2D eigenvalue weighted by atomic mass is 10.1. The number of nitrogens with one attached hydrogen (secondary N) is 3. The van der Waals surface area contributed by atoms with E-state index in [-0.39, 0.29) is 5.75 Å². The van der Waals surface area contributed by atoms with Gasteiger partial charge in [-0.3, -0.25) is 0 Å². The van der Waals surface area contributed by atoms with Crippen LogP contribution in [-0.4, -0.2) is 64.6 Å². The second kappa shape index (κ2) is 8.82. The molecule has 6 nitrogen and oxygen atoms in total. The average molecular weight is 308 g/mol. The van der Waals surface area contributed by atoms with E-state index in [9.17, 15) is 5.11 Å². The molecule has 0 radical (unpaired) electrons. The molecule has 0 spiro atoms. The molecule has 1 aromatic rings. The summed E-state index contributed by atoms with van der Waals surface area (Å²) >= 11 is 0. The van der Waals surface area contributed by atoms with Crippen LogP contribution < -0.4 is 25.6 Å². The highest BCUT2D eigenvalue weighted by atomic mass is 16.5. The molecule has 1 fully saturated rings. The van der Waals surface area contributed by atoms with Gasteiger partial charge < -0.3 is 30.7 Å². The van der Waals surface area contributed by atoms with E-state index < -0.39 is 0 Å². The number of methoxy groups -OCH3 is 1. The fourth-order valence-electron chi connectivity index (χ4n) is 2.63. The topological polar surface area (TPSA) is 68.8 Å². The normalized spacial score (nSPS) is 18.4. The second-order valence-electron chi connectivity index (χ2n) is 5.57. The van der Waals surface area contributed by atoms with Gasteiger partial charge in [0.25, 0.3) is 0 Å². The van der Waals surface area contributed by atoms with Gasteiger partial charge in [-0.15, -0.1) is 0 Å². The molecule has 22 heavy (non-hydrogen) atoms. The van der Waals surface area contributed by atoms with Crippen molar-refractivity contribution < 1.29 is 9.84 Å². The number of hydrogen-bond acceptors (Lipinski definition) is 6. The van der Waals surface area contributed by atoms with Gasteiger partial charge in [0.1, 0.15) is 0 Å². The minimum absolute atomic E-state index is 0.224. The Hall–Kier alpha value is -1.50. The quantitative estimate of drug-likeness (QED) is 0.630. The van der Waals surface area contributed by atoms with Gasteiger partial charge in [0.05, 0.1) is 12.8 Å². The summed E-state index contributed by atoms with van der Waals surface area (Å²) in [6, 6.07) is 3.88. The molecule has 1 saturated heterocycles. The van der Waals surface area contributed by atoms with Gasteiger partial charge in [0, 0.05) is 52.4 Å². The van der Waals surface area contributed by atoms with Gasteiger partial charge in [-0.2, -0.15) is 0 Å². The van der Waals surface area contributed by atoms with Crippen molar-refractivity contribution in [3.8, 4) is 11.5 Å². The predicted molar refractivity (Wildman–Crippen MR) is 90.2 cm³/mol. The highest BCUT2D eigenvalue weighted by Gasteiger charge is 2.15. The SMILES string of the molecule is COc1cc(C)cc(N2CCNCCNCCNCC2)c1O. The Kier molecular flexibility index (Phi) is 6.76. The first kappa shape index (κ1) is 16.9. The Balaban J connectivity index is 2.13. The van der Waals surface area contributed by atoms with Crippen LogP contribution in [0.3, 0.4) is 0 Å². The number of anilines is 1. The molecule has 1 aliphatic heterocycles. The molecule has 1 aromatic carbocycles. The third-order valence-electron chi connectivity index (χ3n) is 3.83. The number of phenolic OH excluding ortho intramolecular Hbond substituents is 1. The van der Waals surface area contributed by atoms with Gasteiger partial charge in [-0.1, -0.05) is 0 Å². The van der Waals surface area contributed by atoms with Crippen LogP contribution in [0.1, 0.15) is 5.56 Å². The number of aryl methyl sites for hydroxylation is 1. The largest absolute Gasteiger partial charge is 0.503 e. The number of aromatic hydroxyl groups is 1. The van der Waals surface area contributed by atoms with Gasteiger partial charge in [0.15, 0.2) is 11.5 Å². The summed E-state index contributed by atoms with van der Waals surface area (Å²) < 4.78 is 5.28. The molecule has 0 atom stereocenters. The zero-order valence-electron chi connectivity index (χ0n) is 13.6. The molecule has 0 aromatic heterocycles. The van der Waals surface area contributed by atoms with Crippen molar-refractivity contribution in [1.82, 2.24) is 16.0 Å². The first-order valence-electron chi connectivity index (χ1n) is 7.97. The summed E-state index contributed by atoms with van der Waals surface area (Å²) in [4.78, 5) is 2.21. The Labute approximate surface area is 132 Å². The fraction of sp³-hybridized carbons (Fsp3) is 0.625. The van der Waals surface area contributed by atoms with E-state index in [0.29, 0.717) is 5.75 Å². The summed E-state index contributed by atoms with van der Waals surface area (Å²) in [5.74, 6) is 0.757. The smallest absolute Gasteiger partial charge is 0.181 e. The van der Waals surface area contributed by atoms with Gasteiger partial charge in [-0.25, -0.2) is 0 Å². The van der Waals surface area contributed by atoms with E-state index in [1.807, 2.05) is 19.1 Å². The molecule has 0 saturated carbocycles. The number of hydrogen-bond donors (Lipinski definition) is 4. The molecule has 0 amide bonds. The third kappa shape index (κ3) is 4.76. The van der Waals surface area contributed by atoms with Crippen molar-refractivity contribution in [3.05, 3.63) is 17.7 Å². The van der Waals surface area contributed by atoms with Crippen LogP contribution in [0, 0.1) is 6.92 Å². The molecular weight excluding hydrogens is 280 g/mol. The van der Waals surface area contributed by atoms with Crippen LogP contribution in [0.25, 0.3) is 0 Å². The minimum Gasteiger partial charge on any atom is -0.503 e. The van der Waals surface area contributed by atoms with Crippen molar-refractivity contribution in [1.29, 1.82) is 0 Å². The van der Waals surface area contributed by atoms with E-state index in [0.717, 1.165) is 63.6 Å². The van der Waals surface area contributed by atoms with Crippen LogP contribution >= 0.6 is 0 Å². The maximum absolute atomic E-state index is 10.4. The van der Waals surface area contributed by atoms with Crippen molar-refractivity contribution in [2.45, 2.75) is 6.92 Å². The van der Waals surface area contributed by atoms with Crippen LogP contribution in [0.15, 0.2) is 12.1 Å². The summed E-state index contributed by atoms with van der Waals surface area (Å²) in [5.41, 5.74) is 1.93. The van der Waals surface area contributed by atoms with Crippen molar-refractivity contribution in [3.63, 3.8) is 0 Å². The van der Waals surface area contributed by atoms with E-state index in [1.165, 1.54) is 0 Å². The molecular formula is C16H28N4O2. The van der Waals surface area contributed by atoms with Gasteiger partial charge in [-0.05, 0) is 24.6 Å². The molecule has 6 heteroatoms. The molecule has 1 heterocycles. The Morgan fingerprint density at radius 1 is 0.955 bits per heavy atom. The molecule has 0 aliphatic carbocycles. The van der Waals surface area contributed by atoms with Crippen LogP contribution in [0.5, 0.6) is 11.5 Å². The molecule has 0 unspecified atom stereocenters. The van der Waals surface area contributed by atoms with E-state index >= 15 is 0 Å². The number of phenols is 1. The van der Waals surface area contributed by atoms with Crippen molar-refractivity contribution >= 4 is 5.69 Å². The van der Waals surface area contributed by atoms with E-state index in [1.54, 1.807) is 7.11 Å². The lowest BCUT2D eigenvalue weighted by Crippen LogP contribution is -2.41. The molecule has 0 bridgehead atoms. The predicted octanol–water partition coefficient (Wildman–Crippen LogP) is 0.298. The van der Waals surface area contributed by atoms with Crippen LogP contribution in [0.4, 0.5) is 5.69 Å². The summed E-state index contributed by atoms with van der Waals surface area (Å²) in [7, 11) is 1.59. The number of ether oxygens (including phenoxy) is 1. The Bertz CT molecular complexity index is 456. The van der Waals surface area contributed by atoms with E-state index in [2.05, 4.69) is 20.9 Å². The second-order valence-corrected chi connectivity index (χ2v) is 5.57. The number of rotatable bonds is 2. The third-order valence-corrected chi connectivity index (χ3v) is 3.83. The van der Waals surface area contributed by atoms with Gasteiger partial charge >= 0.3 is 0 Å². The average Bonchev–Trinajstić information content (AvgIpc) is 2.50. The Morgan fingerprint density at radius 2 is 1.50 bits per heavy atom. The maximum atomic E-state index is 10.4. The fourth-order valence-corrected chi connectivity index (χ4v) is 2.63. The monoisotopic (exact) mass is 308 g/mol. The first-order valence-corrected chi connectivity index (χ1v) is 7.97. The van der Waals surface area contributed by atoms with E-state index in [4.69, 9.17) is 4.74 Å². The molecule has 124 valence electrons. The highest BCUT2D eigenvalue weighted by Crippen LogP contribution is 2.37. The minimum atomic E-state index is 0.224. The standard InChI is InChI=1S/C16H28N4O2/c1-13-11-14(16(21)15(12-13)22-2)20-9-7-18-5-3-17-4-6-19-8-10-20/h11-12,17-19,21H,3-10H2,1-2H3. The molecule has 1 aliphatic rings. The summed E-state index contributed by atoms with van der Waals surface area (Å²) in [6.07, 6.45) is 0. The maximum Gasteiger partial charge on any atom is 0.181 e. The van der Waals surface area contributed by atoms with Crippen molar-refractivity contribution in [2.24, 2.45) is 0 Å². The Morgan fingerprint density at radius 3 is 2.05 bits per heavy atom. The van der Waals surface area contributed by atoms with Gasteiger partial charge in [0.2, 0.25) is 0 Å². The summed E-state index contributed by atoms with van der Waals surface area (Å²) in [6.45, 7) is 9.35. The molecule has 4 N–H and O–H groups in total. The highest BCUT2D eigenvalue weighted by molar-refractivity contribution is 5.65.